The number of carbonyl (C=O) groups excluding carboxylic acids is 1. The first-order chi connectivity index (χ1) is 9.20. The Bertz CT molecular complexity index is 621. The van der Waals surface area contributed by atoms with Gasteiger partial charge in [0, 0.05) is 25.1 Å². The third kappa shape index (κ3) is 2.57. The minimum absolute atomic E-state index is 0.0402. The van der Waals surface area contributed by atoms with Gasteiger partial charge in [0.1, 0.15) is 5.75 Å². The topological polar surface area (TPSA) is 77.2 Å². The van der Waals surface area contributed by atoms with Gasteiger partial charge < -0.3 is 14.6 Å². The molecule has 1 aromatic heterocycles. The molecule has 0 radical (unpaired) electrons. The van der Waals surface area contributed by atoms with Gasteiger partial charge in [-0.2, -0.15) is 4.98 Å². The van der Waals surface area contributed by atoms with E-state index >= 15 is 0 Å². The van der Waals surface area contributed by atoms with Gasteiger partial charge in [0.15, 0.2) is 6.61 Å². The molecule has 98 valence electrons. The molecule has 0 spiro atoms. The number of carbonyl (C=O) groups is 1. The molecule has 0 fully saturated rings. The van der Waals surface area contributed by atoms with E-state index in [9.17, 15) is 4.79 Å². The van der Waals surface area contributed by atoms with Crippen LogP contribution in [0.25, 0.3) is 0 Å². The molecule has 1 amide bonds. The highest BCUT2D eigenvalue weighted by Crippen LogP contribution is 2.27. The monoisotopic (exact) mass is 259 g/mol. The van der Waals surface area contributed by atoms with E-state index in [-0.39, 0.29) is 12.5 Å². The second-order valence-electron chi connectivity index (χ2n) is 4.39. The minimum atomic E-state index is 0.0402. The molecule has 1 aliphatic rings. The van der Waals surface area contributed by atoms with Crippen LogP contribution < -0.4 is 10.1 Å². The summed E-state index contributed by atoms with van der Waals surface area (Å²) in [6.07, 6.45) is 1.31. The number of hydrogen-bond acceptors (Lipinski definition) is 5. The highest BCUT2D eigenvalue weighted by Gasteiger charge is 2.15. The number of aryl methyl sites for hydroxylation is 2. The molecule has 2 heterocycles. The first-order valence-corrected chi connectivity index (χ1v) is 6.05. The van der Waals surface area contributed by atoms with Crippen LogP contribution in [-0.4, -0.2) is 16.0 Å². The van der Waals surface area contributed by atoms with Crippen molar-refractivity contribution in [1.29, 1.82) is 0 Å². The Balaban J connectivity index is 1.71. The van der Waals surface area contributed by atoms with Crippen molar-refractivity contribution in [1.82, 2.24) is 10.1 Å². The number of fused-ring (bicyclic) bond motifs is 1. The van der Waals surface area contributed by atoms with Gasteiger partial charge in [0.25, 0.3) is 0 Å². The van der Waals surface area contributed by atoms with Gasteiger partial charge in [-0.3, -0.25) is 4.79 Å². The van der Waals surface area contributed by atoms with Gasteiger partial charge >= 0.3 is 0 Å². The lowest BCUT2D eigenvalue weighted by Gasteiger charge is -2.17. The molecule has 1 aliphatic heterocycles. The van der Waals surface area contributed by atoms with E-state index in [0.717, 1.165) is 17.7 Å². The van der Waals surface area contributed by atoms with Gasteiger partial charge in [-0.25, -0.2) is 0 Å². The van der Waals surface area contributed by atoms with Crippen LogP contribution in [0.3, 0.4) is 0 Å². The molecule has 2 aromatic rings. The predicted octanol–water partition coefficient (Wildman–Crippen LogP) is 1.84. The van der Waals surface area contributed by atoms with E-state index in [1.54, 1.807) is 6.92 Å². The van der Waals surface area contributed by atoms with Crippen molar-refractivity contribution in [3.05, 3.63) is 35.5 Å². The van der Waals surface area contributed by atoms with Crippen LogP contribution in [0.15, 0.2) is 22.7 Å². The Hall–Kier alpha value is -2.37. The fraction of sp³-hybridized carbons (Fsp3) is 0.308. The zero-order chi connectivity index (χ0) is 13.2. The Morgan fingerprint density at radius 3 is 3.11 bits per heavy atom. The van der Waals surface area contributed by atoms with Gasteiger partial charge in [-0.05, 0) is 18.1 Å². The van der Waals surface area contributed by atoms with Crippen molar-refractivity contribution in [3.63, 3.8) is 0 Å². The number of anilines is 1. The molecule has 0 saturated heterocycles. The van der Waals surface area contributed by atoms with Crippen LogP contribution in [0, 0.1) is 6.92 Å². The van der Waals surface area contributed by atoms with Crippen molar-refractivity contribution in [2.24, 2.45) is 0 Å². The fourth-order valence-electron chi connectivity index (χ4n) is 1.99. The second kappa shape index (κ2) is 4.72. The first-order valence-electron chi connectivity index (χ1n) is 6.05. The van der Waals surface area contributed by atoms with Crippen LogP contribution in [0.2, 0.25) is 0 Å². The van der Waals surface area contributed by atoms with Gasteiger partial charge in [0.05, 0.1) is 0 Å². The van der Waals surface area contributed by atoms with E-state index in [4.69, 9.17) is 9.26 Å². The maximum Gasteiger partial charge on any atom is 0.224 e. The van der Waals surface area contributed by atoms with Crippen LogP contribution in [-0.2, 0) is 17.8 Å². The van der Waals surface area contributed by atoms with E-state index in [2.05, 4.69) is 15.5 Å². The lowest BCUT2D eigenvalue weighted by atomic mass is 10.0. The highest BCUT2D eigenvalue weighted by molar-refractivity contribution is 5.94. The third-order valence-electron chi connectivity index (χ3n) is 2.91. The summed E-state index contributed by atoms with van der Waals surface area (Å²) in [7, 11) is 0. The SMILES string of the molecule is Cc1nc(COc2ccc3c(c2)NC(=O)CC3)no1. The standard InChI is InChI=1S/C13H13N3O3/c1-8-14-12(16-19-8)7-18-10-4-2-9-3-5-13(17)15-11(9)6-10/h2,4,6H,3,5,7H2,1H3,(H,15,17). The summed E-state index contributed by atoms with van der Waals surface area (Å²) in [5.74, 6) is 1.72. The second-order valence-corrected chi connectivity index (χ2v) is 4.39. The number of nitrogens with one attached hydrogen (secondary N) is 1. The minimum Gasteiger partial charge on any atom is -0.485 e. The summed E-state index contributed by atoms with van der Waals surface area (Å²) in [6.45, 7) is 1.97. The van der Waals surface area contributed by atoms with Crippen molar-refractivity contribution in [2.45, 2.75) is 26.4 Å². The van der Waals surface area contributed by atoms with Crippen molar-refractivity contribution >= 4 is 11.6 Å². The number of rotatable bonds is 3. The Kier molecular flexibility index (Phi) is 2.91. The van der Waals surface area contributed by atoms with E-state index in [0.29, 0.717) is 23.9 Å². The average molecular weight is 259 g/mol. The lowest BCUT2D eigenvalue weighted by molar-refractivity contribution is -0.116. The van der Waals surface area contributed by atoms with E-state index in [1.165, 1.54) is 0 Å². The molecule has 3 rings (SSSR count). The summed E-state index contributed by atoms with van der Waals surface area (Å²) in [5, 5.41) is 6.58. The number of benzene rings is 1. The molecule has 0 unspecified atom stereocenters. The zero-order valence-corrected chi connectivity index (χ0v) is 10.5. The van der Waals surface area contributed by atoms with Gasteiger partial charge in [-0.1, -0.05) is 11.2 Å². The molecule has 0 aliphatic carbocycles. The van der Waals surface area contributed by atoms with E-state index < -0.39 is 0 Å². The Morgan fingerprint density at radius 1 is 1.42 bits per heavy atom. The van der Waals surface area contributed by atoms with Crippen molar-refractivity contribution in [3.8, 4) is 5.75 Å². The van der Waals surface area contributed by atoms with Crippen LogP contribution in [0.5, 0.6) is 5.75 Å². The fourth-order valence-corrected chi connectivity index (χ4v) is 1.99. The van der Waals surface area contributed by atoms with Crippen molar-refractivity contribution in [2.75, 3.05) is 5.32 Å². The quantitative estimate of drug-likeness (QED) is 0.910. The largest absolute Gasteiger partial charge is 0.485 e. The van der Waals surface area contributed by atoms with Crippen molar-refractivity contribution < 1.29 is 14.1 Å². The maximum absolute atomic E-state index is 11.3. The highest BCUT2D eigenvalue weighted by atomic mass is 16.5. The molecule has 1 aromatic carbocycles. The maximum atomic E-state index is 11.3. The van der Waals surface area contributed by atoms with Crippen LogP contribution in [0.4, 0.5) is 5.69 Å². The average Bonchev–Trinajstić information content (AvgIpc) is 2.81. The molecular formula is C13H13N3O3. The summed E-state index contributed by atoms with van der Waals surface area (Å²) >= 11 is 0. The van der Waals surface area contributed by atoms with Gasteiger partial charge in [0.2, 0.25) is 17.6 Å². The van der Waals surface area contributed by atoms with Crippen LogP contribution in [0.1, 0.15) is 23.7 Å². The normalized spacial score (nSPS) is 13.8. The van der Waals surface area contributed by atoms with E-state index in [1.807, 2.05) is 18.2 Å². The molecule has 0 atom stereocenters. The molecular weight excluding hydrogens is 246 g/mol. The smallest absolute Gasteiger partial charge is 0.224 e. The lowest BCUT2D eigenvalue weighted by Crippen LogP contribution is -2.18. The zero-order valence-electron chi connectivity index (χ0n) is 10.5. The third-order valence-corrected chi connectivity index (χ3v) is 2.91. The number of aromatic nitrogens is 2. The Labute approximate surface area is 109 Å². The number of hydrogen-bond donors (Lipinski definition) is 1. The Morgan fingerprint density at radius 2 is 2.32 bits per heavy atom. The molecule has 6 heteroatoms. The number of amides is 1. The molecule has 0 saturated carbocycles. The number of ether oxygens (including phenoxy) is 1. The molecule has 0 bridgehead atoms. The summed E-state index contributed by atoms with van der Waals surface area (Å²) < 4.78 is 10.4. The first kappa shape index (κ1) is 11.7. The van der Waals surface area contributed by atoms with Gasteiger partial charge in [-0.15, -0.1) is 0 Å². The summed E-state index contributed by atoms with van der Waals surface area (Å²) in [5.41, 5.74) is 1.94. The summed E-state index contributed by atoms with van der Waals surface area (Å²) in [6, 6.07) is 5.66. The predicted molar refractivity (Wildman–Crippen MR) is 66.8 cm³/mol. The molecule has 1 N–H and O–H groups in total. The van der Waals surface area contributed by atoms with Crippen LogP contribution >= 0.6 is 0 Å². The summed E-state index contributed by atoms with van der Waals surface area (Å²) in [4.78, 5) is 15.4. The molecule has 19 heavy (non-hydrogen) atoms. The molecule has 6 nitrogen and oxygen atoms in total. The number of nitrogens with zero attached hydrogens (tertiary/aromatic N) is 2.